The number of hydrogen-bond acceptors (Lipinski definition) is 2. The molecular formula is C24H28ClN3O. The van der Waals surface area contributed by atoms with Crippen LogP contribution in [0.1, 0.15) is 46.0 Å². The molecule has 3 aromatic rings. The zero-order valence-electron chi connectivity index (χ0n) is 17.1. The van der Waals surface area contributed by atoms with E-state index in [1.165, 1.54) is 6.42 Å². The van der Waals surface area contributed by atoms with Gasteiger partial charge in [0.25, 0.3) is 0 Å². The molecule has 0 N–H and O–H groups in total. The highest BCUT2D eigenvalue weighted by molar-refractivity contribution is 6.31. The third-order valence-electron chi connectivity index (χ3n) is 6.00. The summed E-state index contributed by atoms with van der Waals surface area (Å²) in [6.45, 7) is 5.06. The predicted molar refractivity (Wildman–Crippen MR) is 119 cm³/mol. The van der Waals surface area contributed by atoms with Crippen molar-refractivity contribution in [3.63, 3.8) is 0 Å². The fraction of sp³-hybridized carbons (Fsp3) is 0.417. The lowest BCUT2D eigenvalue weighted by atomic mass is 9.97. The van der Waals surface area contributed by atoms with Gasteiger partial charge in [-0.3, -0.25) is 9.48 Å². The molecule has 4 nitrogen and oxygen atoms in total. The fourth-order valence-corrected chi connectivity index (χ4v) is 4.73. The first-order chi connectivity index (χ1) is 14.0. The molecule has 2 unspecified atom stereocenters. The van der Waals surface area contributed by atoms with Crippen molar-refractivity contribution in [1.29, 1.82) is 0 Å². The Labute approximate surface area is 177 Å². The van der Waals surface area contributed by atoms with Gasteiger partial charge < -0.3 is 4.90 Å². The lowest BCUT2D eigenvalue weighted by Gasteiger charge is -2.39. The van der Waals surface area contributed by atoms with Crippen molar-refractivity contribution in [2.45, 2.75) is 64.6 Å². The van der Waals surface area contributed by atoms with Crippen molar-refractivity contribution >= 4 is 28.4 Å². The molecule has 29 heavy (non-hydrogen) atoms. The maximum atomic E-state index is 12.8. The zero-order chi connectivity index (χ0) is 20.4. The van der Waals surface area contributed by atoms with Crippen molar-refractivity contribution in [2.24, 2.45) is 0 Å². The molecular weight excluding hydrogens is 382 g/mol. The first-order valence-electron chi connectivity index (χ1n) is 10.6. The number of aryl methyl sites for hydroxylation is 1. The second-order valence-electron chi connectivity index (χ2n) is 8.13. The molecule has 1 amide bonds. The van der Waals surface area contributed by atoms with Crippen LogP contribution in [0.15, 0.2) is 48.5 Å². The topological polar surface area (TPSA) is 38.1 Å². The molecule has 4 rings (SSSR count). The largest absolute Gasteiger partial charge is 0.337 e. The van der Waals surface area contributed by atoms with Gasteiger partial charge in [-0.05, 0) is 57.7 Å². The molecule has 1 saturated heterocycles. The normalized spacial score (nSPS) is 19.6. The van der Waals surface area contributed by atoms with Crippen LogP contribution >= 0.6 is 11.6 Å². The van der Waals surface area contributed by atoms with Crippen LogP contribution in [0.2, 0.25) is 5.02 Å². The van der Waals surface area contributed by atoms with Gasteiger partial charge in [0.2, 0.25) is 5.91 Å². The lowest BCUT2D eigenvalue weighted by Crippen LogP contribution is -2.47. The molecule has 2 atom stereocenters. The van der Waals surface area contributed by atoms with Gasteiger partial charge in [0.1, 0.15) is 5.69 Å². The minimum absolute atomic E-state index is 0.271. The van der Waals surface area contributed by atoms with E-state index < -0.39 is 0 Å². The number of fused-ring (bicyclic) bond motifs is 1. The molecule has 0 bridgehead atoms. The van der Waals surface area contributed by atoms with Crippen molar-refractivity contribution in [2.75, 3.05) is 0 Å². The summed E-state index contributed by atoms with van der Waals surface area (Å²) in [7, 11) is 0. The van der Waals surface area contributed by atoms with Gasteiger partial charge in [-0.15, -0.1) is 0 Å². The van der Waals surface area contributed by atoms with Gasteiger partial charge in [0.05, 0.1) is 5.52 Å². The summed E-state index contributed by atoms with van der Waals surface area (Å²) in [6, 6.07) is 16.8. The number of piperidine rings is 1. The highest BCUT2D eigenvalue weighted by Crippen LogP contribution is 2.30. The third-order valence-corrected chi connectivity index (χ3v) is 6.24. The van der Waals surface area contributed by atoms with Crippen LogP contribution in [0.3, 0.4) is 0 Å². The zero-order valence-corrected chi connectivity index (χ0v) is 17.9. The van der Waals surface area contributed by atoms with E-state index in [2.05, 4.69) is 30.9 Å². The molecule has 2 heterocycles. The molecule has 1 aliphatic heterocycles. The lowest BCUT2D eigenvalue weighted by molar-refractivity contribution is -0.137. The van der Waals surface area contributed by atoms with E-state index >= 15 is 0 Å². The number of amides is 1. The van der Waals surface area contributed by atoms with Gasteiger partial charge in [0.15, 0.2) is 0 Å². The highest BCUT2D eigenvalue weighted by atomic mass is 35.5. The first kappa shape index (κ1) is 20.0. The Morgan fingerprint density at radius 1 is 1.10 bits per heavy atom. The predicted octanol–water partition coefficient (Wildman–Crippen LogP) is 5.93. The van der Waals surface area contributed by atoms with Gasteiger partial charge in [-0.2, -0.15) is 5.10 Å². The summed E-state index contributed by atoms with van der Waals surface area (Å²) < 4.78 is 2.02. The molecule has 0 radical (unpaired) electrons. The Hall–Kier alpha value is -2.33. The minimum atomic E-state index is 0.271. The Balaban J connectivity index is 1.52. The van der Waals surface area contributed by atoms with Gasteiger partial charge in [-0.25, -0.2) is 0 Å². The Morgan fingerprint density at radius 2 is 1.83 bits per heavy atom. The average Bonchev–Trinajstić information content (AvgIpc) is 3.06. The Kier molecular flexibility index (Phi) is 5.91. The summed E-state index contributed by atoms with van der Waals surface area (Å²) in [4.78, 5) is 14.9. The SMILES string of the molecule is CC1CCCC(C)N1C(=O)CCCn1nc(-c2ccccc2)c2cc(Cl)ccc21. The van der Waals surface area contributed by atoms with E-state index in [1.807, 2.05) is 41.1 Å². The maximum Gasteiger partial charge on any atom is 0.223 e. The molecule has 0 spiro atoms. The van der Waals surface area contributed by atoms with Crippen LogP contribution in [-0.4, -0.2) is 32.7 Å². The Bertz CT molecular complexity index is 988. The highest BCUT2D eigenvalue weighted by Gasteiger charge is 2.28. The number of carbonyl (C=O) groups excluding carboxylic acids is 1. The summed E-state index contributed by atoms with van der Waals surface area (Å²) in [5, 5.41) is 6.63. The molecule has 1 aromatic heterocycles. The van der Waals surface area contributed by atoms with Crippen molar-refractivity contribution in [3.05, 3.63) is 53.6 Å². The fourth-order valence-electron chi connectivity index (χ4n) is 4.55. The summed E-state index contributed by atoms with van der Waals surface area (Å²) in [5.74, 6) is 0.271. The van der Waals surface area contributed by atoms with Crippen molar-refractivity contribution in [1.82, 2.24) is 14.7 Å². The molecule has 0 saturated carbocycles. The minimum Gasteiger partial charge on any atom is -0.337 e. The van der Waals surface area contributed by atoms with Crippen LogP contribution in [-0.2, 0) is 11.3 Å². The average molecular weight is 410 g/mol. The van der Waals surface area contributed by atoms with Gasteiger partial charge in [0, 0.05) is 41.0 Å². The summed E-state index contributed by atoms with van der Waals surface area (Å²) in [5.41, 5.74) is 3.07. The van der Waals surface area contributed by atoms with Crippen molar-refractivity contribution in [3.8, 4) is 11.3 Å². The number of benzene rings is 2. The number of rotatable bonds is 5. The van der Waals surface area contributed by atoms with E-state index in [0.717, 1.165) is 41.4 Å². The number of nitrogens with zero attached hydrogens (tertiary/aromatic N) is 3. The standard InChI is InChI=1S/C24H28ClN3O/c1-17-8-6-9-18(2)28(17)23(29)12-7-15-27-22-14-13-20(25)16-21(22)24(26-27)19-10-4-3-5-11-19/h3-5,10-11,13-14,16-18H,6-9,12,15H2,1-2H3. The number of likely N-dealkylation sites (tertiary alicyclic amines) is 1. The van der Waals surface area contributed by atoms with Crippen LogP contribution in [0.4, 0.5) is 0 Å². The molecule has 1 fully saturated rings. The van der Waals surface area contributed by atoms with E-state index in [-0.39, 0.29) is 5.91 Å². The summed E-state index contributed by atoms with van der Waals surface area (Å²) >= 11 is 6.26. The molecule has 5 heteroatoms. The van der Waals surface area contributed by atoms with Crippen LogP contribution in [0, 0.1) is 0 Å². The van der Waals surface area contributed by atoms with Gasteiger partial charge >= 0.3 is 0 Å². The number of carbonyl (C=O) groups is 1. The van der Waals surface area contributed by atoms with E-state index in [1.54, 1.807) is 0 Å². The number of aromatic nitrogens is 2. The first-order valence-corrected chi connectivity index (χ1v) is 10.9. The molecule has 0 aliphatic carbocycles. The Morgan fingerprint density at radius 3 is 2.55 bits per heavy atom. The van der Waals surface area contributed by atoms with Crippen molar-refractivity contribution < 1.29 is 4.79 Å². The van der Waals surface area contributed by atoms with Crippen LogP contribution in [0.25, 0.3) is 22.2 Å². The summed E-state index contributed by atoms with van der Waals surface area (Å²) in [6.07, 6.45) is 4.78. The molecule has 1 aliphatic rings. The second-order valence-corrected chi connectivity index (χ2v) is 8.57. The number of halogens is 1. The number of hydrogen-bond donors (Lipinski definition) is 0. The second kappa shape index (κ2) is 8.58. The monoisotopic (exact) mass is 409 g/mol. The van der Waals surface area contributed by atoms with Gasteiger partial charge in [-0.1, -0.05) is 41.9 Å². The smallest absolute Gasteiger partial charge is 0.223 e. The molecule has 2 aromatic carbocycles. The quantitative estimate of drug-likeness (QED) is 0.524. The van der Waals surface area contributed by atoms with Crippen LogP contribution < -0.4 is 0 Å². The van der Waals surface area contributed by atoms with E-state index in [0.29, 0.717) is 30.1 Å². The maximum absolute atomic E-state index is 12.8. The van der Waals surface area contributed by atoms with E-state index in [4.69, 9.17) is 16.7 Å². The van der Waals surface area contributed by atoms with E-state index in [9.17, 15) is 4.79 Å². The third kappa shape index (κ3) is 4.18. The van der Waals surface area contributed by atoms with Crippen LogP contribution in [0.5, 0.6) is 0 Å². The molecule has 152 valence electrons.